The van der Waals surface area contributed by atoms with Gasteiger partial charge in [0.15, 0.2) is 0 Å². The zero-order valence-corrected chi connectivity index (χ0v) is 11.1. The van der Waals surface area contributed by atoms with E-state index in [1.165, 1.54) is 6.07 Å². The van der Waals surface area contributed by atoms with E-state index in [4.69, 9.17) is 4.74 Å². The smallest absolute Gasteiger partial charge is 0.213 e. The van der Waals surface area contributed by atoms with Gasteiger partial charge in [0.2, 0.25) is 5.88 Å². The molecule has 3 nitrogen and oxygen atoms in total. The van der Waals surface area contributed by atoms with Crippen molar-refractivity contribution in [3.8, 4) is 5.88 Å². The van der Waals surface area contributed by atoms with E-state index in [-0.39, 0.29) is 11.9 Å². The van der Waals surface area contributed by atoms with Gasteiger partial charge in [0, 0.05) is 12.1 Å². The molecule has 1 heterocycles. The van der Waals surface area contributed by atoms with E-state index >= 15 is 0 Å². The molecular formula is C15H17FN2O. The predicted octanol–water partition coefficient (Wildman–Crippen LogP) is 3.27. The minimum absolute atomic E-state index is 0.118. The number of ether oxygens (including phenoxy) is 1. The van der Waals surface area contributed by atoms with Crippen LogP contribution in [0.1, 0.15) is 12.5 Å². The molecule has 0 fully saturated rings. The monoisotopic (exact) mass is 260 g/mol. The lowest BCUT2D eigenvalue weighted by atomic mass is 10.1. The number of nitrogens with zero attached hydrogens (tertiary/aromatic N) is 1. The van der Waals surface area contributed by atoms with Gasteiger partial charge in [-0.1, -0.05) is 18.2 Å². The number of pyridine rings is 1. The van der Waals surface area contributed by atoms with E-state index < -0.39 is 0 Å². The zero-order valence-electron chi connectivity index (χ0n) is 11.1. The Balaban J connectivity index is 1.97. The first-order valence-electron chi connectivity index (χ1n) is 6.19. The molecule has 2 aromatic rings. The first-order valence-corrected chi connectivity index (χ1v) is 6.19. The van der Waals surface area contributed by atoms with Gasteiger partial charge in [-0.05, 0) is 31.0 Å². The topological polar surface area (TPSA) is 34.1 Å². The van der Waals surface area contributed by atoms with Crippen LogP contribution >= 0.6 is 0 Å². The lowest BCUT2D eigenvalue weighted by Gasteiger charge is -2.15. The summed E-state index contributed by atoms with van der Waals surface area (Å²) >= 11 is 0. The van der Waals surface area contributed by atoms with Gasteiger partial charge in [0.05, 0.1) is 19.0 Å². The second kappa shape index (κ2) is 6.18. The second-order valence-corrected chi connectivity index (χ2v) is 4.43. The van der Waals surface area contributed by atoms with Gasteiger partial charge in [-0.3, -0.25) is 0 Å². The Morgan fingerprint density at radius 3 is 2.68 bits per heavy atom. The minimum Gasteiger partial charge on any atom is -0.481 e. The Morgan fingerprint density at radius 2 is 2.05 bits per heavy atom. The standard InChI is InChI=1S/C15H17FN2O/c1-11(9-12-5-3-4-6-14(12)16)18-13-7-8-15(19-2)17-10-13/h3-8,10-11,18H,9H2,1-2H3. The van der Waals surface area contributed by atoms with Crippen molar-refractivity contribution in [3.63, 3.8) is 0 Å². The van der Waals surface area contributed by atoms with E-state index in [2.05, 4.69) is 10.3 Å². The van der Waals surface area contributed by atoms with Gasteiger partial charge in [-0.2, -0.15) is 0 Å². The number of anilines is 1. The highest BCUT2D eigenvalue weighted by Crippen LogP contribution is 2.15. The van der Waals surface area contributed by atoms with Gasteiger partial charge in [-0.15, -0.1) is 0 Å². The maximum Gasteiger partial charge on any atom is 0.213 e. The summed E-state index contributed by atoms with van der Waals surface area (Å²) in [7, 11) is 1.58. The molecule has 1 aromatic carbocycles. The molecule has 0 bridgehead atoms. The van der Waals surface area contributed by atoms with E-state index in [1.807, 2.05) is 19.1 Å². The summed E-state index contributed by atoms with van der Waals surface area (Å²) in [5.41, 5.74) is 1.61. The van der Waals surface area contributed by atoms with Gasteiger partial charge in [-0.25, -0.2) is 9.37 Å². The van der Waals surface area contributed by atoms with Crippen molar-refractivity contribution >= 4 is 5.69 Å². The fourth-order valence-corrected chi connectivity index (χ4v) is 1.92. The van der Waals surface area contributed by atoms with Gasteiger partial charge in [0.25, 0.3) is 0 Å². The van der Waals surface area contributed by atoms with Crippen LogP contribution in [-0.4, -0.2) is 18.1 Å². The van der Waals surface area contributed by atoms with E-state index in [0.717, 1.165) is 5.69 Å². The van der Waals surface area contributed by atoms with Crippen LogP contribution < -0.4 is 10.1 Å². The van der Waals surface area contributed by atoms with Crippen LogP contribution in [0.15, 0.2) is 42.6 Å². The predicted molar refractivity (Wildman–Crippen MR) is 74.0 cm³/mol. The highest BCUT2D eigenvalue weighted by Gasteiger charge is 2.07. The molecule has 0 radical (unpaired) electrons. The van der Waals surface area contributed by atoms with Crippen LogP contribution in [0, 0.1) is 5.82 Å². The summed E-state index contributed by atoms with van der Waals surface area (Å²) in [6.45, 7) is 2.01. The minimum atomic E-state index is -0.163. The van der Waals surface area contributed by atoms with E-state index in [9.17, 15) is 4.39 Å². The molecule has 1 atom stereocenters. The molecule has 100 valence electrons. The van der Waals surface area contributed by atoms with Gasteiger partial charge < -0.3 is 10.1 Å². The van der Waals surface area contributed by atoms with Crippen molar-refractivity contribution in [1.82, 2.24) is 4.98 Å². The van der Waals surface area contributed by atoms with Crippen LogP contribution in [0.3, 0.4) is 0 Å². The highest BCUT2D eigenvalue weighted by molar-refractivity contribution is 5.43. The zero-order chi connectivity index (χ0) is 13.7. The summed E-state index contributed by atoms with van der Waals surface area (Å²) in [5, 5.41) is 3.28. The fourth-order valence-electron chi connectivity index (χ4n) is 1.92. The van der Waals surface area contributed by atoms with Crippen LogP contribution in [0.5, 0.6) is 5.88 Å². The van der Waals surface area contributed by atoms with Crippen LogP contribution in [0.25, 0.3) is 0 Å². The normalized spacial score (nSPS) is 11.9. The molecular weight excluding hydrogens is 243 g/mol. The molecule has 19 heavy (non-hydrogen) atoms. The average molecular weight is 260 g/mol. The first kappa shape index (κ1) is 13.3. The van der Waals surface area contributed by atoms with E-state index in [0.29, 0.717) is 17.9 Å². The number of halogens is 1. The highest BCUT2D eigenvalue weighted by atomic mass is 19.1. The van der Waals surface area contributed by atoms with Crippen molar-refractivity contribution in [2.24, 2.45) is 0 Å². The Morgan fingerprint density at radius 1 is 1.26 bits per heavy atom. The van der Waals surface area contributed by atoms with Gasteiger partial charge in [0.1, 0.15) is 5.82 Å². The fraction of sp³-hybridized carbons (Fsp3) is 0.267. The third-order valence-electron chi connectivity index (χ3n) is 2.84. The van der Waals surface area contributed by atoms with Crippen LogP contribution in [0.4, 0.5) is 10.1 Å². The van der Waals surface area contributed by atoms with E-state index in [1.54, 1.807) is 31.5 Å². The number of aromatic nitrogens is 1. The number of nitrogens with one attached hydrogen (secondary N) is 1. The number of rotatable bonds is 5. The maximum absolute atomic E-state index is 13.5. The number of hydrogen-bond donors (Lipinski definition) is 1. The van der Waals surface area contributed by atoms with Crippen molar-refractivity contribution < 1.29 is 9.13 Å². The molecule has 0 aliphatic carbocycles. The largest absolute Gasteiger partial charge is 0.481 e. The molecule has 4 heteroatoms. The third kappa shape index (κ3) is 3.68. The second-order valence-electron chi connectivity index (χ2n) is 4.43. The number of hydrogen-bond acceptors (Lipinski definition) is 3. The van der Waals surface area contributed by atoms with Crippen molar-refractivity contribution in [1.29, 1.82) is 0 Å². The summed E-state index contributed by atoms with van der Waals surface area (Å²) in [6, 6.07) is 10.6. The first-order chi connectivity index (χ1) is 9.19. The molecule has 0 aliphatic heterocycles. The average Bonchev–Trinajstić information content (AvgIpc) is 2.42. The molecule has 1 unspecified atom stereocenters. The SMILES string of the molecule is COc1ccc(NC(C)Cc2ccccc2F)cn1. The summed E-state index contributed by atoms with van der Waals surface area (Å²) in [5.74, 6) is 0.413. The third-order valence-corrected chi connectivity index (χ3v) is 2.84. The molecule has 0 aliphatic rings. The Hall–Kier alpha value is -2.10. The van der Waals surface area contributed by atoms with Gasteiger partial charge >= 0.3 is 0 Å². The summed E-state index contributed by atoms with van der Waals surface area (Å²) in [6.07, 6.45) is 2.33. The molecule has 0 saturated carbocycles. The van der Waals surface area contributed by atoms with Crippen LogP contribution in [0.2, 0.25) is 0 Å². The molecule has 2 rings (SSSR count). The summed E-state index contributed by atoms with van der Waals surface area (Å²) < 4.78 is 18.5. The lowest BCUT2D eigenvalue weighted by Crippen LogP contribution is -2.18. The Kier molecular flexibility index (Phi) is 4.34. The van der Waals surface area contributed by atoms with Crippen molar-refractivity contribution in [2.75, 3.05) is 12.4 Å². The molecule has 0 saturated heterocycles. The molecule has 1 aromatic heterocycles. The lowest BCUT2D eigenvalue weighted by molar-refractivity contribution is 0.398. The Bertz CT molecular complexity index is 528. The molecule has 0 spiro atoms. The maximum atomic E-state index is 13.5. The van der Waals surface area contributed by atoms with Crippen molar-refractivity contribution in [2.45, 2.75) is 19.4 Å². The Labute approximate surface area is 112 Å². The molecule has 1 N–H and O–H groups in total. The van der Waals surface area contributed by atoms with Crippen molar-refractivity contribution in [3.05, 3.63) is 54.0 Å². The summed E-state index contributed by atoms with van der Waals surface area (Å²) in [4.78, 5) is 4.12. The number of methoxy groups -OCH3 is 1. The quantitative estimate of drug-likeness (QED) is 0.896. The number of benzene rings is 1. The van der Waals surface area contributed by atoms with Crippen LogP contribution in [-0.2, 0) is 6.42 Å². The molecule has 0 amide bonds.